The number of anilines is 1. The number of aryl methyl sites for hydroxylation is 5. The average molecular weight is 769 g/mol. The second-order valence-corrected chi connectivity index (χ2v) is 15.8. The number of carboxylic acids is 1. The Balaban J connectivity index is 1.30. The monoisotopic (exact) mass is 767 g/mol. The summed E-state index contributed by atoms with van der Waals surface area (Å²) in [5, 5.41) is 18.1. The standard InChI is InChI=1S/C43H47Cl2N5O4/c1-24-18-31(19-25(2)40(24)45)54-17-9-11-32-33-15-16-34(44)39(38-27(4)46-48(7)28(38)5)42(33)50(37(32)23-51)26(3)21-47(6)35-12-8-10-30-20-36(43(52)53)49(41(30)35)22-29-13-14-29/h8,10,12,15-16,18-20,23,26,29H,9,11,13-14,17,21-22H2,1-7H3,(H,52,53)/t26-/m1/s1. The molecule has 0 amide bonds. The Morgan fingerprint density at radius 3 is 2.41 bits per heavy atom. The number of aromatic carboxylic acids is 1. The van der Waals surface area contributed by atoms with Crippen LogP contribution in [0.5, 0.6) is 5.75 Å². The minimum atomic E-state index is -0.926. The molecule has 11 heteroatoms. The number of carboxylic acid groups (broad SMARTS) is 1. The van der Waals surface area contributed by atoms with Gasteiger partial charge in [-0.2, -0.15) is 5.10 Å². The topological polar surface area (TPSA) is 94.5 Å². The van der Waals surface area contributed by atoms with E-state index in [1.165, 1.54) is 0 Å². The zero-order valence-electron chi connectivity index (χ0n) is 32.0. The van der Waals surface area contributed by atoms with Crippen molar-refractivity contribution in [3.05, 3.63) is 98.0 Å². The van der Waals surface area contributed by atoms with Gasteiger partial charge in [0.2, 0.25) is 0 Å². The molecule has 0 spiro atoms. The van der Waals surface area contributed by atoms with E-state index in [2.05, 4.69) is 22.5 Å². The Kier molecular flexibility index (Phi) is 10.3. The lowest BCUT2D eigenvalue weighted by molar-refractivity contribution is 0.0685. The van der Waals surface area contributed by atoms with Crippen LogP contribution in [-0.2, 0) is 20.0 Å². The van der Waals surface area contributed by atoms with Crippen LogP contribution in [-0.4, -0.2) is 56.5 Å². The van der Waals surface area contributed by atoms with Gasteiger partial charge in [0.25, 0.3) is 0 Å². The molecule has 1 N–H and O–H groups in total. The molecule has 1 atom stereocenters. The van der Waals surface area contributed by atoms with Crippen LogP contribution < -0.4 is 9.64 Å². The molecular weight excluding hydrogens is 721 g/mol. The summed E-state index contributed by atoms with van der Waals surface area (Å²) in [6.07, 6.45) is 4.49. The minimum absolute atomic E-state index is 0.196. The number of likely N-dealkylation sites (N-methyl/N-ethyl adjacent to an activating group) is 1. The van der Waals surface area contributed by atoms with E-state index >= 15 is 0 Å². The predicted molar refractivity (Wildman–Crippen MR) is 218 cm³/mol. The van der Waals surface area contributed by atoms with E-state index < -0.39 is 5.97 Å². The molecule has 3 aromatic heterocycles. The van der Waals surface area contributed by atoms with Gasteiger partial charge < -0.3 is 23.9 Å². The van der Waals surface area contributed by atoms with Crippen LogP contribution in [0.2, 0.25) is 10.0 Å². The molecule has 6 aromatic rings. The first-order valence-corrected chi connectivity index (χ1v) is 19.3. The molecule has 1 saturated carbocycles. The van der Waals surface area contributed by atoms with Crippen LogP contribution in [0.1, 0.15) is 81.3 Å². The van der Waals surface area contributed by atoms with Crippen LogP contribution in [0.3, 0.4) is 0 Å². The third-order valence-corrected chi connectivity index (χ3v) is 11.9. The van der Waals surface area contributed by atoms with Crippen molar-refractivity contribution in [1.29, 1.82) is 0 Å². The number of fused-ring (bicyclic) bond motifs is 2. The van der Waals surface area contributed by atoms with E-state index in [0.29, 0.717) is 54.9 Å². The molecule has 282 valence electrons. The third kappa shape index (κ3) is 6.77. The highest BCUT2D eigenvalue weighted by Crippen LogP contribution is 2.43. The van der Waals surface area contributed by atoms with Crippen LogP contribution in [0, 0.1) is 33.6 Å². The minimum Gasteiger partial charge on any atom is -0.494 e. The van der Waals surface area contributed by atoms with Crippen molar-refractivity contribution < 1.29 is 19.4 Å². The molecule has 0 radical (unpaired) electrons. The number of benzene rings is 3. The van der Waals surface area contributed by atoms with Crippen molar-refractivity contribution in [1.82, 2.24) is 18.9 Å². The first-order chi connectivity index (χ1) is 25.8. The predicted octanol–water partition coefficient (Wildman–Crippen LogP) is 10.2. The van der Waals surface area contributed by atoms with Gasteiger partial charge >= 0.3 is 5.97 Å². The summed E-state index contributed by atoms with van der Waals surface area (Å²) in [4.78, 5) is 27.9. The first-order valence-electron chi connectivity index (χ1n) is 18.6. The Hall–Kier alpha value is -4.73. The number of carbonyl (C=O) groups is 2. The average Bonchev–Trinajstić information content (AvgIpc) is 3.71. The quantitative estimate of drug-likeness (QED) is 0.0876. The third-order valence-electron chi connectivity index (χ3n) is 11.0. The number of ether oxygens (including phenoxy) is 1. The van der Waals surface area contributed by atoms with Crippen molar-refractivity contribution in [2.45, 2.75) is 72.9 Å². The highest BCUT2D eigenvalue weighted by Gasteiger charge is 2.29. The number of rotatable bonds is 14. The fourth-order valence-corrected chi connectivity index (χ4v) is 8.59. The number of hydrogen-bond acceptors (Lipinski definition) is 5. The summed E-state index contributed by atoms with van der Waals surface area (Å²) < 4.78 is 12.2. The van der Waals surface area contributed by atoms with Gasteiger partial charge in [-0.3, -0.25) is 9.48 Å². The van der Waals surface area contributed by atoms with Crippen molar-refractivity contribution in [2.75, 3.05) is 25.1 Å². The van der Waals surface area contributed by atoms with E-state index in [9.17, 15) is 14.7 Å². The van der Waals surface area contributed by atoms with Gasteiger partial charge in [-0.1, -0.05) is 41.4 Å². The lowest BCUT2D eigenvalue weighted by atomic mass is 9.98. The molecule has 3 heterocycles. The molecule has 7 rings (SSSR count). The van der Waals surface area contributed by atoms with Crippen molar-refractivity contribution in [3.63, 3.8) is 0 Å². The summed E-state index contributed by atoms with van der Waals surface area (Å²) in [6, 6.07) is 15.5. The Morgan fingerprint density at radius 1 is 1.06 bits per heavy atom. The number of aromatic nitrogens is 4. The molecule has 1 aliphatic carbocycles. The molecule has 0 bridgehead atoms. The maximum atomic E-state index is 13.3. The van der Waals surface area contributed by atoms with Gasteiger partial charge in [-0.05, 0) is 113 Å². The highest BCUT2D eigenvalue weighted by atomic mass is 35.5. The summed E-state index contributed by atoms with van der Waals surface area (Å²) >= 11 is 13.5. The smallest absolute Gasteiger partial charge is 0.352 e. The molecule has 1 aliphatic rings. The van der Waals surface area contributed by atoms with E-state index in [1.54, 1.807) is 6.07 Å². The fourth-order valence-electron chi connectivity index (χ4n) is 8.23. The lowest BCUT2D eigenvalue weighted by Gasteiger charge is -2.28. The van der Waals surface area contributed by atoms with Gasteiger partial charge in [0.15, 0.2) is 6.29 Å². The summed E-state index contributed by atoms with van der Waals surface area (Å²) in [7, 11) is 3.96. The van der Waals surface area contributed by atoms with Crippen molar-refractivity contribution in [2.24, 2.45) is 13.0 Å². The van der Waals surface area contributed by atoms with Gasteiger partial charge in [0.05, 0.1) is 39.7 Å². The summed E-state index contributed by atoms with van der Waals surface area (Å²) in [5.74, 6) is 0.336. The molecule has 9 nitrogen and oxygen atoms in total. The molecule has 0 aliphatic heterocycles. The van der Waals surface area contributed by atoms with Gasteiger partial charge in [-0.15, -0.1) is 0 Å². The molecule has 3 aromatic carbocycles. The number of nitrogens with zero attached hydrogens (tertiary/aromatic N) is 5. The Labute approximate surface area is 326 Å². The number of aldehydes is 1. The maximum Gasteiger partial charge on any atom is 0.352 e. The molecule has 1 fully saturated rings. The molecule has 0 saturated heterocycles. The van der Waals surface area contributed by atoms with E-state index in [4.69, 9.17) is 33.0 Å². The van der Waals surface area contributed by atoms with Crippen LogP contribution in [0.15, 0.2) is 48.5 Å². The molecule has 54 heavy (non-hydrogen) atoms. The van der Waals surface area contributed by atoms with Crippen LogP contribution in [0.25, 0.3) is 32.9 Å². The highest BCUT2D eigenvalue weighted by molar-refractivity contribution is 6.35. The summed E-state index contributed by atoms with van der Waals surface area (Å²) in [5.41, 5.74) is 10.2. The van der Waals surface area contributed by atoms with E-state index in [0.717, 1.165) is 96.6 Å². The van der Waals surface area contributed by atoms with Crippen molar-refractivity contribution in [3.8, 4) is 16.9 Å². The molecule has 0 unspecified atom stereocenters. The summed E-state index contributed by atoms with van der Waals surface area (Å²) in [6.45, 7) is 11.8. The zero-order chi connectivity index (χ0) is 38.6. The number of halogens is 2. The largest absolute Gasteiger partial charge is 0.494 e. The SMILES string of the molecule is Cc1cc(OCCCc2c(C=O)n([C@H](C)CN(C)c3cccc4cc(C(=O)O)n(CC5CC5)c34)c3c(-c4c(C)nn(C)c4C)c(Cl)ccc23)cc(C)c1Cl. The van der Waals surface area contributed by atoms with Gasteiger partial charge in [0.1, 0.15) is 11.4 Å². The first kappa shape index (κ1) is 37.6. The lowest BCUT2D eigenvalue weighted by Crippen LogP contribution is -2.27. The maximum absolute atomic E-state index is 13.3. The van der Waals surface area contributed by atoms with Gasteiger partial charge in [-0.25, -0.2) is 4.79 Å². The number of hydrogen-bond donors (Lipinski definition) is 1. The van der Waals surface area contributed by atoms with Gasteiger partial charge in [0, 0.05) is 65.8 Å². The van der Waals surface area contributed by atoms with Crippen LogP contribution in [0.4, 0.5) is 5.69 Å². The molecular formula is C43H47Cl2N5O4. The second-order valence-electron chi connectivity index (χ2n) is 15.0. The normalized spacial score (nSPS) is 13.6. The Bertz CT molecular complexity index is 2410. The second kappa shape index (κ2) is 14.8. The Morgan fingerprint density at radius 2 is 1.78 bits per heavy atom. The van der Waals surface area contributed by atoms with Crippen molar-refractivity contribution >= 4 is 63.0 Å². The zero-order valence-corrected chi connectivity index (χ0v) is 33.5. The van der Waals surface area contributed by atoms with Crippen LogP contribution >= 0.6 is 23.2 Å². The van der Waals surface area contributed by atoms with E-state index in [1.807, 2.05) is 87.4 Å². The number of para-hydroxylation sites is 1. The fraction of sp³-hybridized carbons (Fsp3) is 0.372. The van der Waals surface area contributed by atoms with E-state index in [-0.39, 0.29) is 6.04 Å². The number of carbonyl (C=O) groups excluding carboxylic acids is 1.